The molecular weight excluding hydrogens is 443 g/mol. The minimum atomic E-state index is -0.306. The van der Waals surface area contributed by atoms with Crippen LogP contribution in [0.3, 0.4) is 0 Å². The van der Waals surface area contributed by atoms with E-state index in [1.165, 1.54) is 12.3 Å². The van der Waals surface area contributed by atoms with Crippen molar-refractivity contribution < 1.29 is 13.9 Å². The van der Waals surface area contributed by atoms with E-state index in [1.54, 1.807) is 18.2 Å². The van der Waals surface area contributed by atoms with Crippen LogP contribution in [-0.4, -0.2) is 43.2 Å². The lowest BCUT2D eigenvalue weighted by Crippen LogP contribution is -2.43. The molecule has 0 aliphatic carbocycles. The molecule has 6 nitrogen and oxygen atoms in total. The summed E-state index contributed by atoms with van der Waals surface area (Å²) in [6, 6.07) is 7.13. The van der Waals surface area contributed by atoms with Gasteiger partial charge in [-0.05, 0) is 61.8 Å². The molecule has 4 rings (SSSR count). The van der Waals surface area contributed by atoms with Crippen molar-refractivity contribution in [2.75, 3.05) is 36.9 Å². The summed E-state index contributed by atoms with van der Waals surface area (Å²) in [7, 11) is 0. The molecule has 2 fully saturated rings. The number of amides is 1. The van der Waals surface area contributed by atoms with E-state index in [0.717, 1.165) is 50.9 Å². The number of nitrogens with one attached hydrogen (secondary N) is 3. The highest BCUT2D eigenvalue weighted by molar-refractivity contribution is 6.33. The zero-order valence-corrected chi connectivity index (χ0v) is 19.8. The summed E-state index contributed by atoms with van der Waals surface area (Å²) < 4.78 is 19.9. The van der Waals surface area contributed by atoms with Crippen molar-refractivity contribution in [1.82, 2.24) is 10.3 Å². The van der Waals surface area contributed by atoms with E-state index < -0.39 is 0 Å². The van der Waals surface area contributed by atoms with E-state index >= 15 is 0 Å². The van der Waals surface area contributed by atoms with Crippen LogP contribution in [0.2, 0.25) is 5.02 Å². The number of pyridine rings is 1. The van der Waals surface area contributed by atoms with Gasteiger partial charge in [0.05, 0.1) is 16.6 Å². The third-order valence-corrected chi connectivity index (χ3v) is 6.99. The zero-order valence-electron chi connectivity index (χ0n) is 19.0. The van der Waals surface area contributed by atoms with Crippen molar-refractivity contribution in [3.8, 4) is 11.1 Å². The average Bonchev–Trinajstić information content (AvgIpc) is 2.85. The molecule has 2 saturated heterocycles. The number of carbonyl (C=O) groups is 1. The summed E-state index contributed by atoms with van der Waals surface area (Å²) >= 11 is 6.43. The molecule has 3 heterocycles. The molecule has 2 aromatic rings. The maximum atomic E-state index is 14.5. The van der Waals surface area contributed by atoms with Crippen LogP contribution in [0.1, 0.15) is 39.0 Å². The van der Waals surface area contributed by atoms with Crippen molar-refractivity contribution in [2.45, 2.75) is 45.1 Å². The Balaban J connectivity index is 1.45. The first-order valence-corrected chi connectivity index (χ1v) is 12.2. The number of hydrogen-bond donors (Lipinski definition) is 3. The Morgan fingerprint density at radius 2 is 2.06 bits per heavy atom. The molecule has 0 unspecified atom stereocenters. The molecular formula is C25H32ClFN4O2. The van der Waals surface area contributed by atoms with Gasteiger partial charge in [-0.2, -0.15) is 0 Å². The lowest BCUT2D eigenvalue weighted by Gasteiger charge is -2.28. The van der Waals surface area contributed by atoms with Crippen LogP contribution in [0.5, 0.6) is 0 Å². The number of rotatable bonds is 7. The van der Waals surface area contributed by atoms with Gasteiger partial charge < -0.3 is 20.7 Å². The molecule has 2 aliphatic rings. The number of hydrogen-bond acceptors (Lipinski definition) is 5. The van der Waals surface area contributed by atoms with Gasteiger partial charge in [-0.15, -0.1) is 0 Å². The van der Waals surface area contributed by atoms with Crippen LogP contribution in [0, 0.1) is 17.7 Å². The topological polar surface area (TPSA) is 75.3 Å². The summed E-state index contributed by atoms with van der Waals surface area (Å²) in [5.74, 6) is 0.476. The van der Waals surface area contributed by atoms with Gasteiger partial charge in [0, 0.05) is 44.1 Å². The fourth-order valence-corrected chi connectivity index (χ4v) is 4.69. The molecule has 0 radical (unpaired) electrons. The van der Waals surface area contributed by atoms with E-state index in [2.05, 4.69) is 27.9 Å². The Morgan fingerprint density at radius 1 is 1.24 bits per heavy atom. The number of aromatic nitrogens is 1. The van der Waals surface area contributed by atoms with Gasteiger partial charge in [-0.25, -0.2) is 9.37 Å². The molecule has 1 amide bonds. The first-order chi connectivity index (χ1) is 16.0. The summed E-state index contributed by atoms with van der Waals surface area (Å²) in [6.45, 7) is 5.03. The van der Waals surface area contributed by atoms with E-state index in [4.69, 9.17) is 16.3 Å². The van der Waals surface area contributed by atoms with Gasteiger partial charge in [-0.1, -0.05) is 24.6 Å². The maximum Gasteiger partial charge on any atom is 0.229 e. The molecule has 1 aromatic heterocycles. The van der Waals surface area contributed by atoms with Crippen molar-refractivity contribution in [1.29, 1.82) is 0 Å². The Kier molecular flexibility index (Phi) is 8.17. The van der Waals surface area contributed by atoms with Crippen LogP contribution < -0.4 is 16.0 Å². The van der Waals surface area contributed by atoms with Crippen molar-refractivity contribution in [3.05, 3.63) is 41.3 Å². The molecule has 0 saturated carbocycles. The molecule has 0 bridgehead atoms. The second-order valence-electron chi connectivity index (χ2n) is 8.96. The number of anilines is 2. The van der Waals surface area contributed by atoms with E-state index in [9.17, 15) is 9.18 Å². The molecule has 178 valence electrons. The van der Waals surface area contributed by atoms with Crippen LogP contribution in [0.4, 0.5) is 15.9 Å². The Labute approximate surface area is 199 Å². The minimum absolute atomic E-state index is 0.0456. The lowest BCUT2D eigenvalue weighted by atomic mass is 9.93. The molecule has 2 atom stereocenters. The largest absolute Gasteiger partial charge is 0.382 e. The number of halogens is 2. The summed E-state index contributed by atoms with van der Waals surface area (Å²) in [5.41, 5.74) is 1.90. The first kappa shape index (κ1) is 23.9. The summed E-state index contributed by atoms with van der Waals surface area (Å²) in [5, 5.41) is 10.0. The minimum Gasteiger partial charge on any atom is -0.382 e. The van der Waals surface area contributed by atoms with E-state index in [-0.39, 0.29) is 17.6 Å². The van der Waals surface area contributed by atoms with Gasteiger partial charge in [0.15, 0.2) is 0 Å². The van der Waals surface area contributed by atoms with Gasteiger partial charge >= 0.3 is 0 Å². The molecule has 1 aromatic carbocycles. The van der Waals surface area contributed by atoms with Gasteiger partial charge in [0.1, 0.15) is 11.6 Å². The SMILES string of the molecule is CC[C@H]1CC[C@H](C(=O)Nc2cc(-c3ccc(F)c(NCC4CCOCC4)c3)c(Cl)cn2)CN1. The highest BCUT2D eigenvalue weighted by atomic mass is 35.5. The Hall–Kier alpha value is -2.22. The molecule has 33 heavy (non-hydrogen) atoms. The number of ether oxygens (including phenoxy) is 1. The smallest absolute Gasteiger partial charge is 0.229 e. The highest BCUT2D eigenvalue weighted by Crippen LogP contribution is 2.32. The summed E-state index contributed by atoms with van der Waals surface area (Å²) in [6.07, 6.45) is 6.40. The van der Waals surface area contributed by atoms with Crippen molar-refractivity contribution >= 4 is 29.0 Å². The monoisotopic (exact) mass is 474 g/mol. The fourth-order valence-electron chi connectivity index (χ4n) is 4.48. The zero-order chi connectivity index (χ0) is 23.2. The molecule has 2 aliphatic heterocycles. The van der Waals surface area contributed by atoms with Crippen LogP contribution in [0.25, 0.3) is 11.1 Å². The maximum absolute atomic E-state index is 14.5. The Morgan fingerprint density at radius 3 is 2.79 bits per heavy atom. The third-order valence-electron chi connectivity index (χ3n) is 6.69. The Bertz CT molecular complexity index is 959. The second kappa shape index (κ2) is 11.3. The fraction of sp³-hybridized carbons (Fsp3) is 0.520. The quantitative estimate of drug-likeness (QED) is 0.520. The number of carbonyl (C=O) groups excluding carboxylic acids is 1. The first-order valence-electron chi connectivity index (χ1n) is 11.8. The molecule has 0 spiro atoms. The van der Waals surface area contributed by atoms with Gasteiger partial charge in [-0.3, -0.25) is 4.79 Å². The van der Waals surface area contributed by atoms with Crippen molar-refractivity contribution in [3.63, 3.8) is 0 Å². The van der Waals surface area contributed by atoms with Crippen LogP contribution in [0.15, 0.2) is 30.5 Å². The van der Waals surface area contributed by atoms with Crippen LogP contribution >= 0.6 is 11.6 Å². The lowest BCUT2D eigenvalue weighted by molar-refractivity contribution is -0.120. The van der Waals surface area contributed by atoms with E-state index in [0.29, 0.717) is 47.1 Å². The normalized spacial score (nSPS) is 21.5. The highest BCUT2D eigenvalue weighted by Gasteiger charge is 2.25. The molecule has 3 N–H and O–H groups in total. The standard InChI is InChI=1S/C25H32ClFN4O2/c1-2-19-5-3-18(14-28-19)25(32)31-24-12-20(21(26)15-30-24)17-4-6-22(27)23(11-17)29-13-16-7-9-33-10-8-16/h4,6,11-12,15-16,18-19,28-29H,2-3,5,7-10,13-14H2,1H3,(H,30,31,32)/t18-,19-/m0/s1. The van der Waals surface area contributed by atoms with Crippen molar-refractivity contribution in [2.24, 2.45) is 11.8 Å². The predicted molar refractivity (Wildman–Crippen MR) is 130 cm³/mol. The number of piperidine rings is 1. The van der Waals surface area contributed by atoms with E-state index in [1.807, 2.05) is 0 Å². The average molecular weight is 475 g/mol. The summed E-state index contributed by atoms with van der Waals surface area (Å²) in [4.78, 5) is 17.0. The number of nitrogens with zero attached hydrogens (tertiary/aromatic N) is 1. The second-order valence-corrected chi connectivity index (χ2v) is 9.36. The van der Waals surface area contributed by atoms with Crippen LogP contribution in [-0.2, 0) is 9.53 Å². The predicted octanol–water partition coefficient (Wildman–Crippen LogP) is 5.10. The number of benzene rings is 1. The van der Waals surface area contributed by atoms with Gasteiger partial charge in [0.25, 0.3) is 0 Å². The third kappa shape index (κ3) is 6.22. The molecule has 8 heteroatoms. The van der Waals surface area contributed by atoms with Gasteiger partial charge in [0.2, 0.25) is 5.91 Å².